The minimum atomic E-state index is -0.996. The summed E-state index contributed by atoms with van der Waals surface area (Å²) in [7, 11) is 0. The van der Waals surface area contributed by atoms with Gasteiger partial charge in [-0.3, -0.25) is 4.79 Å². The Hall–Kier alpha value is -3.84. The van der Waals surface area contributed by atoms with Crippen molar-refractivity contribution in [3.05, 3.63) is 95.0 Å². The second-order valence-electron chi connectivity index (χ2n) is 7.81. The highest BCUT2D eigenvalue weighted by Crippen LogP contribution is 2.25. The van der Waals surface area contributed by atoms with Crippen LogP contribution in [0.25, 0.3) is 0 Å². The van der Waals surface area contributed by atoms with Crippen LogP contribution < -0.4 is 15.4 Å². The molecule has 0 saturated carbocycles. The number of alkyl carbamates (subject to hydrolysis) is 1. The number of hydrogen-bond acceptors (Lipinski definition) is 5. The molecule has 1 atom stereocenters. The second-order valence-corrected chi connectivity index (χ2v) is 8.25. The predicted molar refractivity (Wildman–Crippen MR) is 130 cm³/mol. The normalized spacial score (nSPS) is 11.4. The van der Waals surface area contributed by atoms with E-state index in [0.717, 1.165) is 5.56 Å². The number of nitrogens with one attached hydrogen (secondary N) is 2. The molecule has 0 unspecified atom stereocenters. The Balaban J connectivity index is 1.69. The lowest BCUT2D eigenvalue weighted by Gasteiger charge is -2.21. The van der Waals surface area contributed by atoms with Crippen LogP contribution in [0, 0.1) is 5.92 Å². The Morgan fingerprint density at radius 1 is 0.912 bits per heavy atom. The first kappa shape index (κ1) is 24.8. The number of halogens is 1. The van der Waals surface area contributed by atoms with Gasteiger partial charge < -0.3 is 20.1 Å². The third kappa shape index (κ3) is 7.08. The maximum absolute atomic E-state index is 12.9. The molecule has 3 rings (SSSR count). The average Bonchev–Trinajstić information content (AvgIpc) is 2.83. The summed E-state index contributed by atoms with van der Waals surface area (Å²) in [6.07, 6.45) is -0.752. The number of rotatable bonds is 8. The molecule has 0 aliphatic rings. The monoisotopic (exact) mass is 480 g/mol. The molecular weight excluding hydrogens is 456 g/mol. The molecule has 0 radical (unpaired) electrons. The van der Waals surface area contributed by atoms with Crippen LogP contribution in [0.15, 0.2) is 78.9 Å². The first-order valence-corrected chi connectivity index (χ1v) is 11.1. The number of carbonyl (C=O) groups is 3. The summed E-state index contributed by atoms with van der Waals surface area (Å²) < 4.78 is 10.7. The summed E-state index contributed by atoms with van der Waals surface area (Å²) in [4.78, 5) is 38.0. The highest BCUT2D eigenvalue weighted by atomic mass is 35.5. The summed E-state index contributed by atoms with van der Waals surface area (Å²) in [6.45, 7) is 3.58. The van der Waals surface area contributed by atoms with E-state index >= 15 is 0 Å². The van der Waals surface area contributed by atoms with E-state index in [1.165, 1.54) is 18.2 Å². The smallest absolute Gasteiger partial charge is 0.408 e. The van der Waals surface area contributed by atoms with Gasteiger partial charge in [-0.1, -0.05) is 74.0 Å². The molecule has 8 heteroatoms. The summed E-state index contributed by atoms with van der Waals surface area (Å²) in [6, 6.07) is 21.4. The van der Waals surface area contributed by atoms with Gasteiger partial charge in [0.1, 0.15) is 18.4 Å². The van der Waals surface area contributed by atoms with E-state index < -0.39 is 24.0 Å². The largest absolute Gasteiger partial charge is 0.445 e. The molecule has 34 heavy (non-hydrogen) atoms. The number of carbonyl (C=O) groups excluding carboxylic acids is 3. The molecule has 7 nitrogen and oxygen atoms in total. The lowest BCUT2D eigenvalue weighted by atomic mass is 10.0. The van der Waals surface area contributed by atoms with E-state index in [1.807, 2.05) is 36.4 Å². The Kier molecular flexibility index (Phi) is 8.65. The molecule has 0 aliphatic heterocycles. The van der Waals surface area contributed by atoms with Crippen molar-refractivity contribution in [3.63, 3.8) is 0 Å². The third-order valence-corrected chi connectivity index (χ3v) is 5.07. The Bertz CT molecular complexity index is 1140. The standard InChI is InChI=1S/C26H25ClN2O5/c1-17(2)23(29-26(32)33-16-18-9-5-3-6-10-18)25(31)34-22-14-13-19(27)15-21(22)24(30)28-20-11-7-4-8-12-20/h3-15,17,23H,16H2,1-2H3,(H,28,30)(H,29,32)/t23-/m0/s1. The molecule has 0 heterocycles. The summed E-state index contributed by atoms with van der Waals surface area (Å²) in [5, 5.41) is 5.59. The van der Waals surface area contributed by atoms with E-state index in [2.05, 4.69) is 10.6 Å². The van der Waals surface area contributed by atoms with Gasteiger partial charge >= 0.3 is 12.1 Å². The van der Waals surface area contributed by atoms with E-state index in [1.54, 1.807) is 38.1 Å². The SMILES string of the molecule is CC(C)[C@H](NC(=O)OCc1ccccc1)C(=O)Oc1ccc(Cl)cc1C(=O)Nc1ccccc1. The van der Waals surface area contributed by atoms with Crippen molar-refractivity contribution in [1.82, 2.24) is 5.32 Å². The number of para-hydroxylation sites is 1. The minimum absolute atomic E-state index is 0.0212. The van der Waals surface area contributed by atoms with Crippen molar-refractivity contribution in [2.45, 2.75) is 26.5 Å². The van der Waals surface area contributed by atoms with Crippen molar-refractivity contribution in [1.29, 1.82) is 0 Å². The lowest BCUT2D eigenvalue weighted by Crippen LogP contribution is -2.46. The van der Waals surface area contributed by atoms with E-state index in [0.29, 0.717) is 10.7 Å². The van der Waals surface area contributed by atoms with Gasteiger partial charge in [-0.25, -0.2) is 9.59 Å². The molecule has 3 aromatic carbocycles. The Morgan fingerprint density at radius 3 is 2.21 bits per heavy atom. The number of amides is 2. The third-order valence-electron chi connectivity index (χ3n) is 4.84. The lowest BCUT2D eigenvalue weighted by molar-refractivity contribution is -0.137. The zero-order chi connectivity index (χ0) is 24.5. The van der Waals surface area contributed by atoms with Crippen LogP contribution >= 0.6 is 11.6 Å². The van der Waals surface area contributed by atoms with Crippen molar-refractivity contribution in [3.8, 4) is 5.75 Å². The van der Waals surface area contributed by atoms with Crippen molar-refractivity contribution >= 4 is 35.3 Å². The van der Waals surface area contributed by atoms with Gasteiger partial charge in [-0.05, 0) is 41.8 Å². The number of benzene rings is 3. The second kappa shape index (κ2) is 11.9. The van der Waals surface area contributed by atoms with Gasteiger partial charge in [-0.15, -0.1) is 0 Å². The van der Waals surface area contributed by atoms with Crippen LogP contribution in [0.2, 0.25) is 5.02 Å². The van der Waals surface area contributed by atoms with E-state index in [4.69, 9.17) is 21.1 Å². The fourth-order valence-electron chi connectivity index (χ4n) is 3.05. The van der Waals surface area contributed by atoms with Crippen molar-refractivity contribution in [2.24, 2.45) is 5.92 Å². The number of hydrogen-bond donors (Lipinski definition) is 2. The van der Waals surface area contributed by atoms with Crippen LogP contribution in [0.1, 0.15) is 29.8 Å². The van der Waals surface area contributed by atoms with Crippen molar-refractivity contribution < 1.29 is 23.9 Å². The van der Waals surface area contributed by atoms with Gasteiger partial charge in [0.2, 0.25) is 0 Å². The molecule has 2 amide bonds. The molecule has 0 aliphatic carbocycles. The predicted octanol–water partition coefficient (Wildman–Crippen LogP) is 5.45. The number of ether oxygens (including phenoxy) is 2. The average molecular weight is 481 g/mol. The highest BCUT2D eigenvalue weighted by molar-refractivity contribution is 6.31. The van der Waals surface area contributed by atoms with Gasteiger partial charge in [0.25, 0.3) is 5.91 Å². The molecule has 0 spiro atoms. The fraction of sp³-hybridized carbons (Fsp3) is 0.192. The minimum Gasteiger partial charge on any atom is -0.445 e. The molecule has 2 N–H and O–H groups in total. The van der Waals surface area contributed by atoms with E-state index in [-0.39, 0.29) is 23.8 Å². The first-order valence-electron chi connectivity index (χ1n) is 10.7. The fourth-order valence-corrected chi connectivity index (χ4v) is 3.22. The van der Waals surface area contributed by atoms with Crippen LogP contribution in [0.3, 0.4) is 0 Å². The zero-order valence-electron chi connectivity index (χ0n) is 18.8. The van der Waals surface area contributed by atoms with Crippen molar-refractivity contribution in [2.75, 3.05) is 5.32 Å². The van der Waals surface area contributed by atoms with Crippen LogP contribution in [0.4, 0.5) is 10.5 Å². The Morgan fingerprint density at radius 2 is 1.56 bits per heavy atom. The van der Waals surface area contributed by atoms with Gasteiger partial charge in [0.05, 0.1) is 5.56 Å². The summed E-state index contributed by atoms with van der Waals surface area (Å²) in [5.74, 6) is -1.51. The van der Waals surface area contributed by atoms with Crippen LogP contribution in [-0.2, 0) is 16.1 Å². The molecule has 3 aromatic rings. The van der Waals surface area contributed by atoms with E-state index in [9.17, 15) is 14.4 Å². The topological polar surface area (TPSA) is 93.7 Å². The number of esters is 1. The molecule has 0 bridgehead atoms. The summed E-state index contributed by atoms with van der Waals surface area (Å²) in [5.41, 5.74) is 1.48. The summed E-state index contributed by atoms with van der Waals surface area (Å²) >= 11 is 6.07. The van der Waals surface area contributed by atoms with Gasteiger partial charge in [0.15, 0.2) is 0 Å². The number of anilines is 1. The quantitative estimate of drug-likeness (QED) is 0.330. The highest BCUT2D eigenvalue weighted by Gasteiger charge is 2.28. The Labute approximate surface area is 203 Å². The molecule has 0 fully saturated rings. The molecule has 0 saturated heterocycles. The van der Waals surface area contributed by atoms with Gasteiger partial charge in [-0.2, -0.15) is 0 Å². The zero-order valence-corrected chi connectivity index (χ0v) is 19.5. The van der Waals surface area contributed by atoms with Crippen LogP contribution in [-0.4, -0.2) is 24.0 Å². The molecule has 176 valence electrons. The first-order chi connectivity index (χ1) is 16.3. The maximum Gasteiger partial charge on any atom is 0.408 e. The molecule has 0 aromatic heterocycles. The van der Waals surface area contributed by atoms with Gasteiger partial charge in [0, 0.05) is 10.7 Å². The van der Waals surface area contributed by atoms with Crippen LogP contribution in [0.5, 0.6) is 5.75 Å². The molecular formula is C26H25ClN2O5. The maximum atomic E-state index is 12.9.